The number of aromatic nitrogens is 2. The van der Waals surface area contributed by atoms with Crippen LogP contribution in [0.25, 0.3) is 0 Å². The number of carbonyl (C=O) groups excluding carboxylic acids is 1. The highest BCUT2D eigenvalue weighted by molar-refractivity contribution is 5.88. The number of likely N-dealkylation sites (tertiary alicyclic amines) is 1. The van der Waals surface area contributed by atoms with Gasteiger partial charge in [-0.15, -0.1) is 0 Å². The van der Waals surface area contributed by atoms with Gasteiger partial charge in [-0.3, -0.25) is 19.7 Å². The number of ether oxygens (including phenoxy) is 1. The van der Waals surface area contributed by atoms with Gasteiger partial charge in [-0.25, -0.2) is 4.39 Å². The van der Waals surface area contributed by atoms with Crippen molar-refractivity contribution in [3.63, 3.8) is 0 Å². The van der Waals surface area contributed by atoms with E-state index in [9.17, 15) is 9.18 Å². The van der Waals surface area contributed by atoms with E-state index in [1.165, 1.54) is 6.07 Å². The van der Waals surface area contributed by atoms with Gasteiger partial charge in [0, 0.05) is 63.4 Å². The first-order chi connectivity index (χ1) is 15.6. The highest BCUT2D eigenvalue weighted by Gasteiger charge is 2.56. The zero-order chi connectivity index (χ0) is 22.0. The molecular weight excluding hydrogens is 407 g/mol. The van der Waals surface area contributed by atoms with E-state index in [4.69, 9.17) is 4.74 Å². The van der Waals surface area contributed by atoms with Crippen molar-refractivity contribution in [2.24, 2.45) is 0 Å². The van der Waals surface area contributed by atoms with Crippen LogP contribution in [0.15, 0.2) is 73.3 Å². The SMILES string of the molecule is O=C1N(Cc2ccncc2)CCO[C@]12CN(Cc1cccc(F)c1)C[C@@H]2c1cccnc1. The van der Waals surface area contributed by atoms with Gasteiger partial charge in [0.1, 0.15) is 5.82 Å². The zero-order valence-corrected chi connectivity index (χ0v) is 17.7. The Bertz CT molecular complexity index is 1080. The third-order valence-corrected chi connectivity index (χ3v) is 6.34. The van der Waals surface area contributed by atoms with Crippen molar-refractivity contribution >= 4 is 5.91 Å². The largest absolute Gasteiger partial charge is 0.361 e. The number of amides is 1. The lowest BCUT2D eigenvalue weighted by Gasteiger charge is -2.42. The fraction of sp³-hybridized carbons (Fsp3) is 0.320. The minimum Gasteiger partial charge on any atom is -0.361 e. The maximum Gasteiger partial charge on any atom is 0.257 e. The quantitative estimate of drug-likeness (QED) is 0.620. The van der Waals surface area contributed by atoms with Crippen LogP contribution < -0.4 is 0 Å². The predicted molar refractivity (Wildman–Crippen MR) is 117 cm³/mol. The van der Waals surface area contributed by atoms with Gasteiger partial charge in [0.2, 0.25) is 0 Å². The van der Waals surface area contributed by atoms with Crippen molar-refractivity contribution in [3.05, 3.63) is 95.8 Å². The molecule has 1 amide bonds. The van der Waals surface area contributed by atoms with Crippen LogP contribution in [-0.4, -0.2) is 57.5 Å². The van der Waals surface area contributed by atoms with Gasteiger partial charge >= 0.3 is 0 Å². The Kier molecular flexibility index (Phi) is 5.68. The molecule has 2 aromatic heterocycles. The molecule has 2 saturated heterocycles. The molecule has 0 saturated carbocycles. The summed E-state index contributed by atoms with van der Waals surface area (Å²) in [6.45, 7) is 3.19. The number of hydrogen-bond donors (Lipinski definition) is 0. The Morgan fingerprint density at radius 2 is 1.91 bits per heavy atom. The van der Waals surface area contributed by atoms with Gasteiger partial charge in [-0.1, -0.05) is 18.2 Å². The fourth-order valence-electron chi connectivity index (χ4n) is 4.87. The third kappa shape index (κ3) is 4.01. The maximum absolute atomic E-state index is 13.9. The molecule has 2 aliphatic heterocycles. The second-order valence-electron chi connectivity index (χ2n) is 8.46. The molecule has 3 aromatic rings. The van der Waals surface area contributed by atoms with E-state index >= 15 is 0 Å². The van der Waals surface area contributed by atoms with E-state index < -0.39 is 5.60 Å². The molecule has 1 aromatic carbocycles. The highest BCUT2D eigenvalue weighted by atomic mass is 19.1. The van der Waals surface area contributed by atoms with Crippen LogP contribution in [0.2, 0.25) is 0 Å². The number of morpholine rings is 1. The van der Waals surface area contributed by atoms with Crippen molar-refractivity contribution in [1.82, 2.24) is 19.8 Å². The Labute approximate surface area is 186 Å². The molecule has 2 fully saturated rings. The number of pyridine rings is 2. The average Bonchev–Trinajstić information content (AvgIpc) is 3.17. The van der Waals surface area contributed by atoms with Crippen LogP contribution in [0.3, 0.4) is 0 Å². The molecule has 32 heavy (non-hydrogen) atoms. The topological polar surface area (TPSA) is 58.6 Å². The lowest BCUT2D eigenvalue weighted by molar-refractivity contribution is -0.173. The van der Waals surface area contributed by atoms with E-state index in [1.807, 2.05) is 41.4 Å². The third-order valence-electron chi connectivity index (χ3n) is 6.34. The molecule has 0 bridgehead atoms. The summed E-state index contributed by atoms with van der Waals surface area (Å²) in [6.07, 6.45) is 7.03. The van der Waals surface area contributed by atoms with Crippen molar-refractivity contribution in [2.75, 3.05) is 26.2 Å². The molecule has 5 rings (SSSR count). The number of hydrogen-bond acceptors (Lipinski definition) is 5. The molecule has 4 heterocycles. The maximum atomic E-state index is 13.9. The predicted octanol–water partition coefficient (Wildman–Crippen LogP) is 3.01. The first-order valence-electron chi connectivity index (χ1n) is 10.8. The first kappa shape index (κ1) is 20.7. The smallest absolute Gasteiger partial charge is 0.257 e. The summed E-state index contributed by atoms with van der Waals surface area (Å²) in [6, 6.07) is 14.4. The van der Waals surface area contributed by atoms with Crippen molar-refractivity contribution < 1.29 is 13.9 Å². The number of halogens is 1. The monoisotopic (exact) mass is 432 g/mol. The van der Waals surface area contributed by atoms with E-state index in [2.05, 4.69) is 14.9 Å². The summed E-state index contributed by atoms with van der Waals surface area (Å²) >= 11 is 0. The number of rotatable bonds is 5. The van der Waals surface area contributed by atoms with E-state index in [0.717, 1.165) is 16.7 Å². The van der Waals surface area contributed by atoms with Gasteiger partial charge in [0.15, 0.2) is 5.60 Å². The van der Waals surface area contributed by atoms with E-state index in [-0.39, 0.29) is 17.6 Å². The van der Waals surface area contributed by atoms with Crippen LogP contribution in [0.1, 0.15) is 22.6 Å². The molecule has 0 N–H and O–H groups in total. The van der Waals surface area contributed by atoms with Gasteiger partial charge < -0.3 is 9.64 Å². The molecule has 164 valence electrons. The molecule has 6 nitrogen and oxygen atoms in total. The summed E-state index contributed by atoms with van der Waals surface area (Å²) in [5.41, 5.74) is 1.91. The second kappa shape index (κ2) is 8.76. The Balaban J connectivity index is 1.45. The molecule has 2 atom stereocenters. The van der Waals surface area contributed by atoms with Gasteiger partial charge in [-0.05, 0) is 47.0 Å². The van der Waals surface area contributed by atoms with E-state index in [0.29, 0.717) is 39.3 Å². The van der Waals surface area contributed by atoms with Crippen LogP contribution in [0, 0.1) is 5.82 Å². The highest BCUT2D eigenvalue weighted by Crippen LogP contribution is 2.42. The lowest BCUT2D eigenvalue weighted by Crippen LogP contribution is -2.59. The summed E-state index contributed by atoms with van der Waals surface area (Å²) < 4.78 is 20.1. The molecule has 2 aliphatic rings. The minimum absolute atomic E-state index is 0.00356. The second-order valence-corrected chi connectivity index (χ2v) is 8.46. The van der Waals surface area contributed by atoms with Crippen molar-refractivity contribution in [1.29, 1.82) is 0 Å². The minimum atomic E-state index is -0.984. The fourth-order valence-corrected chi connectivity index (χ4v) is 4.87. The summed E-state index contributed by atoms with van der Waals surface area (Å²) in [5.74, 6) is -0.414. The summed E-state index contributed by atoms with van der Waals surface area (Å²) in [5, 5.41) is 0. The van der Waals surface area contributed by atoms with Gasteiger partial charge in [0.25, 0.3) is 5.91 Å². The average molecular weight is 432 g/mol. The zero-order valence-electron chi connectivity index (χ0n) is 17.7. The van der Waals surface area contributed by atoms with Gasteiger partial charge in [-0.2, -0.15) is 0 Å². The number of nitrogens with zero attached hydrogens (tertiary/aromatic N) is 4. The Morgan fingerprint density at radius 3 is 2.69 bits per heavy atom. The molecule has 7 heteroatoms. The summed E-state index contributed by atoms with van der Waals surface area (Å²) in [7, 11) is 0. The van der Waals surface area contributed by atoms with Crippen LogP contribution in [-0.2, 0) is 22.6 Å². The normalized spacial score (nSPS) is 23.7. The van der Waals surface area contributed by atoms with Crippen molar-refractivity contribution in [2.45, 2.75) is 24.6 Å². The van der Waals surface area contributed by atoms with Crippen LogP contribution >= 0.6 is 0 Å². The molecule has 0 aliphatic carbocycles. The Morgan fingerprint density at radius 1 is 1.03 bits per heavy atom. The standard InChI is InChI=1S/C25H25FN4O2/c26-22-5-1-3-20(13-22)15-29-17-23(21-4-2-8-28-14-21)25(18-29)24(31)30(11-12-32-25)16-19-6-9-27-10-7-19/h1-10,13-14,23H,11-12,15-18H2/t23-,25+/m1/s1. The molecule has 0 unspecified atom stereocenters. The first-order valence-corrected chi connectivity index (χ1v) is 10.8. The Hall–Kier alpha value is -3.16. The summed E-state index contributed by atoms with van der Waals surface area (Å²) in [4.78, 5) is 26.3. The van der Waals surface area contributed by atoms with Crippen molar-refractivity contribution in [3.8, 4) is 0 Å². The van der Waals surface area contributed by atoms with Crippen LogP contribution in [0.4, 0.5) is 4.39 Å². The van der Waals surface area contributed by atoms with Gasteiger partial charge in [0.05, 0.1) is 6.61 Å². The lowest BCUT2D eigenvalue weighted by atomic mass is 9.83. The molecular formula is C25H25FN4O2. The number of benzene rings is 1. The van der Waals surface area contributed by atoms with E-state index in [1.54, 1.807) is 30.7 Å². The molecule has 1 spiro atoms. The molecule has 0 radical (unpaired) electrons. The number of carbonyl (C=O) groups is 1. The van der Waals surface area contributed by atoms with Crippen LogP contribution in [0.5, 0.6) is 0 Å².